The van der Waals surface area contributed by atoms with Crippen molar-refractivity contribution < 1.29 is 22.8 Å². The SMILES string of the molecule is CC.CC#CC(=O)NCCCN(C)Cc1cc(C=O)c(CN(C)c2ccccc2)c(C(F)(F)F)c1.CC1CC(C(=N)N(C)C=N)C1. The molecule has 2 aromatic rings. The van der Waals surface area contributed by atoms with Gasteiger partial charge in [-0.25, -0.2) is 0 Å². The second-order valence-corrected chi connectivity index (χ2v) is 11.1. The number of hydrogen-bond acceptors (Lipinski definition) is 6. The van der Waals surface area contributed by atoms with Gasteiger partial charge in [-0.3, -0.25) is 20.4 Å². The van der Waals surface area contributed by atoms with Crippen molar-refractivity contribution in [2.24, 2.45) is 11.8 Å². The number of nitrogens with one attached hydrogen (secondary N) is 3. The van der Waals surface area contributed by atoms with Gasteiger partial charge in [0.15, 0.2) is 0 Å². The molecule has 8 nitrogen and oxygen atoms in total. The number of amides is 1. The molecule has 1 saturated carbocycles. The van der Waals surface area contributed by atoms with E-state index in [1.54, 1.807) is 62.1 Å². The highest BCUT2D eigenvalue weighted by atomic mass is 19.4. The zero-order chi connectivity index (χ0) is 34.9. The molecule has 0 bridgehead atoms. The summed E-state index contributed by atoms with van der Waals surface area (Å²) in [6.07, 6.45) is -0.0550. The summed E-state index contributed by atoms with van der Waals surface area (Å²) < 4.78 is 41.8. The summed E-state index contributed by atoms with van der Waals surface area (Å²) in [5, 5.41) is 17.2. The maximum atomic E-state index is 13.9. The molecular weight excluding hydrogens is 593 g/mol. The van der Waals surface area contributed by atoms with Crippen LogP contribution < -0.4 is 10.2 Å². The van der Waals surface area contributed by atoms with Gasteiger partial charge in [-0.05, 0) is 87.0 Å². The minimum atomic E-state index is -4.59. The van der Waals surface area contributed by atoms with E-state index in [-0.39, 0.29) is 30.1 Å². The van der Waals surface area contributed by atoms with E-state index in [0.29, 0.717) is 43.1 Å². The molecule has 1 amide bonds. The highest BCUT2D eigenvalue weighted by Crippen LogP contribution is 2.36. The van der Waals surface area contributed by atoms with Crippen molar-refractivity contribution in [2.75, 3.05) is 39.1 Å². The van der Waals surface area contributed by atoms with Gasteiger partial charge >= 0.3 is 6.18 Å². The maximum Gasteiger partial charge on any atom is 0.416 e. The number of aldehydes is 1. The smallest absolute Gasteiger partial charge is 0.370 e. The van der Waals surface area contributed by atoms with Crippen LogP contribution in [0.4, 0.5) is 18.9 Å². The van der Waals surface area contributed by atoms with Crippen molar-refractivity contribution in [2.45, 2.75) is 66.2 Å². The van der Waals surface area contributed by atoms with Crippen LogP contribution in [0.25, 0.3) is 0 Å². The molecule has 3 N–H and O–H groups in total. The van der Waals surface area contributed by atoms with Crippen molar-refractivity contribution in [3.05, 3.63) is 64.7 Å². The van der Waals surface area contributed by atoms with Crippen LogP contribution in [0.5, 0.6) is 0 Å². The summed E-state index contributed by atoms with van der Waals surface area (Å²) >= 11 is 0. The molecule has 252 valence electrons. The lowest BCUT2D eigenvalue weighted by Gasteiger charge is -2.35. The first-order valence-electron chi connectivity index (χ1n) is 15.5. The van der Waals surface area contributed by atoms with E-state index in [2.05, 4.69) is 24.1 Å². The summed E-state index contributed by atoms with van der Waals surface area (Å²) in [6, 6.07) is 11.7. The van der Waals surface area contributed by atoms with Crippen molar-refractivity contribution in [3.8, 4) is 11.8 Å². The Balaban J connectivity index is 0.000000679. The number of alkyl halides is 3. The van der Waals surface area contributed by atoms with Crippen LogP contribution in [0.3, 0.4) is 0 Å². The molecule has 0 aromatic heterocycles. The third-order valence-electron chi connectivity index (χ3n) is 7.40. The number of carbonyl (C=O) groups excluding carboxylic acids is 2. The van der Waals surface area contributed by atoms with Gasteiger partial charge in [0.1, 0.15) is 12.1 Å². The number of amidine groups is 1. The number of rotatable bonds is 12. The van der Waals surface area contributed by atoms with Gasteiger partial charge < -0.3 is 20.0 Å². The van der Waals surface area contributed by atoms with Gasteiger partial charge in [0, 0.05) is 50.9 Å². The lowest BCUT2D eigenvalue weighted by atomic mass is 9.75. The quantitative estimate of drug-likeness (QED) is 0.0787. The Kier molecular flexibility index (Phi) is 17.4. The first-order chi connectivity index (χ1) is 21.8. The first-order valence-corrected chi connectivity index (χ1v) is 15.5. The van der Waals surface area contributed by atoms with Crippen molar-refractivity contribution in [1.82, 2.24) is 15.1 Å². The van der Waals surface area contributed by atoms with Crippen molar-refractivity contribution in [1.29, 1.82) is 10.8 Å². The standard InChI is InChI=1S/C25H28F3N3O2.C8H15N3.C2H6/c1-4-9-24(33)29-12-8-13-30(2)16-19-14-20(18-32)22(23(15-19)25(26,27)28)17-31(3)21-10-6-5-7-11-21;1-6-3-7(4-6)8(10)11(2)5-9;1-2/h5-7,10-11,14-15,18H,8,12-13,16-17H2,1-3H3,(H,29,33);5-7,9-10H,3-4H2,1-2H3;1-2H3. The fraction of sp³-hybridized carbons (Fsp3) is 0.486. The molecule has 2 aromatic carbocycles. The second-order valence-electron chi connectivity index (χ2n) is 11.1. The monoisotopic (exact) mass is 642 g/mol. The van der Waals surface area contributed by atoms with Crippen LogP contribution in [0.1, 0.15) is 74.0 Å². The molecule has 0 spiro atoms. The normalized spacial score (nSPS) is 14.9. The lowest BCUT2D eigenvalue weighted by Crippen LogP contribution is -2.37. The van der Waals surface area contributed by atoms with E-state index in [1.165, 1.54) is 12.4 Å². The van der Waals surface area contributed by atoms with Crippen LogP contribution in [0.15, 0.2) is 42.5 Å². The minimum absolute atomic E-state index is 0.0291. The molecule has 0 atom stereocenters. The van der Waals surface area contributed by atoms with E-state index in [9.17, 15) is 22.8 Å². The third kappa shape index (κ3) is 13.1. The second kappa shape index (κ2) is 20.1. The molecule has 0 heterocycles. The number of nitrogens with zero attached hydrogens (tertiary/aromatic N) is 3. The Morgan fingerprint density at radius 3 is 2.24 bits per heavy atom. The molecule has 3 rings (SSSR count). The zero-order valence-corrected chi connectivity index (χ0v) is 28.1. The first kappa shape index (κ1) is 39.9. The summed E-state index contributed by atoms with van der Waals surface area (Å²) in [5.74, 6) is 6.31. The maximum absolute atomic E-state index is 13.9. The van der Waals surface area contributed by atoms with Crippen LogP contribution in [-0.2, 0) is 24.1 Å². The van der Waals surface area contributed by atoms with Gasteiger partial charge in [-0.15, -0.1) is 0 Å². The fourth-order valence-corrected chi connectivity index (χ4v) is 4.98. The topological polar surface area (TPSA) is 104 Å². The molecule has 0 saturated heterocycles. The number of carbonyl (C=O) groups is 2. The van der Waals surface area contributed by atoms with Crippen molar-refractivity contribution in [3.63, 3.8) is 0 Å². The predicted molar refractivity (Wildman–Crippen MR) is 180 cm³/mol. The Morgan fingerprint density at radius 1 is 1.09 bits per heavy atom. The Labute approximate surface area is 272 Å². The fourth-order valence-electron chi connectivity index (χ4n) is 4.98. The molecule has 1 aliphatic rings. The largest absolute Gasteiger partial charge is 0.416 e. The van der Waals surface area contributed by atoms with E-state index in [0.717, 1.165) is 30.5 Å². The van der Waals surface area contributed by atoms with Crippen molar-refractivity contribution >= 4 is 30.1 Å². The van der Waals surface area contributed by atoms with Crippen LogP contribution in [-0.4, -0.2) is 68.4 Å². The van der Waals surface area contributed by atoms with Gasteiger partial charge in [0.05, 0.1) is 11.9 Å². The van der Waals surface area contributed by atoms with Crippen LogP contribution >= 0.6 is 0 Å². The van der Waals surface area contributed by atoms with E-state index in [1.807, 2.05) is 24.8 Å². The summed E-state index contributed by atoms with van der Waals surface area (Å²) in [5.41, 5.74) is 0.335. The number of anilines is 1. The number of hydrogen-bond donors (Lipinski definition) is 3. The highest BCUT2D eigenvalue weighted by Gasteiger charge is 2.35. The lowest BCUT2D eigenvalue weighted by molar-refractivity contribution is -0.138. The average molecular weight is 643 g/mol. The van der Waals surface area contributed by atoms with E-state index >= 15 is 0 Å². The Bertz CT molecular complexity index is 1330. The van der Waals surface area contributed by atoms with Gasteiger partial charge in [-0.1, -0.05) is 44.9 Å². The van der Waals surface area contributed by atoms with Gasteiger partial charge in [-0.2, -0.15) is 13.2 Å². The Morgan fingerprint density at radius 2 is 1.72 bits per heavy atom. The zero-order valence-electron chi connectivity index (χ0n) is 28.1. The highest BCUT2D eigenvalue weighted by molar-refractivity contribution is 5.93. The average Bonchev–Trinajstić information content (AvgIpc) is 3.02. The molecule has 0 radical (unpaired) electrons. The minimum Gasteiger partial charge on any atom is -0.370 e. The third-order valence-corrected chi connectivity index (χ3v) is 7.40. The molecule has 1 fully saturated rings. The number of halogens is 3. The molecule has 46 heavy (non-hydrogen) atoms. The number of benzene rings is 2. The van der Waals surface area contributed by atoms with Crippen LogP contribution in [0, 0.1) is 34.5 Å². The number of para-hydroxylation sites is 1. The summed E-state index contributed by atoms with van der Waals surface area (Å²) in [4.78, 5) is 28.2. The molecule has 0 unspecified atom stereocenters. The summed E-state index contributed by atoms with van der Waals surface area (Å²) in [6.45, 7) is 8.92. The summed E-state index contributed by atoms with van der Waals surface area (Å²) in [7, 11) is 5.23. The van der Waals surface area contributed by atoms with E-state index in [4.69, 9.17) is 10.8 Å². The molecule has 1 aliphatic carbocycles. The predicted octanol–water partition coefficient (Wildman–Crippen LogP) is 6.69. The molecular formula is C35H49F3N6O2. The van der Waals surface area contributed by atoms with Gasteiger partial charge in [0.2, 0.25) is 0 Å². The molecule has 0 aliphatic heterocycles. The molecule has 11 heteroatoms. The van der Waals surface area contributed by atoms with Crippen LogP contribution in [0.2, 0.25) is 0 Å². The Hall–Kier alpha value is -4.17. The van der Waals surface area contributed by atoms with E-state index < -0.39 is 11.7 Å². The van der Waals surface area contributed by atoms with Gasteiger partial charge in [0.25, 0.3) is 5.91 Å².